The Morgan fingerprint density at radius 2 is 1.57 bits per heavy atom. The van der Waals surface area contributed by atoms with Crippen LogP contribution in [0.2, 0.25) is 0 Å². The van der Waals surface area contributed by atoms with Crippen molar-refractivity contribution in [2.45, 2.75) is 13.0 Å². The highest BCUT2D eigenvalue weighted by molar-refractivity contribution is 5.64. The van der Waals surface area contributed by atoms with E-state index in [0.717, 1.165) is 19.6 Å². The molecule has 2 rings (SSSR count). The van der Waals surface area contributed by atoms with Crippen molar-refractivity contribution in [2.24, 2.45) is 0 Å². The normalized spacial score (nSPS) is 16.8. The van der Waals surface area contributed by atoms with Crippen LogP contribution in [0.25, 0.3) is 0 Å². The summed E-state index contributed by atoms with van der Waals surface area (Å²) in [5.74, 6) is -1.21. The van der Waals surface area contributed by atoms with Crippen LogP contribution in [0.4, 0.5) is 17.1 Å². The Hall–Kier alpha value is -2.86. The van der Waals surface area contributed by atoms with Gasteiger partial charge in [-0.1, -0.05) is 0 Å². The van der Waals surface area contributed by atoms with Crippen molar-refractivity contribution < 1.29 is 19.9 Å². The van der Waals surface area contributed by atoms with Crippen molar-refractivity contribution in [3.8, 4) is 5.75 Å². The van der Waals surface area contributed by atoms with Crippen LogP contribution >= 0.6 is 0 Å². The molecule has 0 aromatic heterocycles. The van der Waals surface area contributed by atoms with Gasteiger partial charge in [0.1, 0.15) is 0 Å². The van der Waals surface area contributed by atoms with E-state index in [1.54, 1.807) is 0 Å². The second-order valence-corrected chi connectivity index (χ2v) is 4.66. The predicted molar refractivity (Wildman–Crippen MR) is 78.4 cm³/mol. The minimum Gasteiger partial charge on any atom is -0.497 e. The summed E-state index contributed by atoms with van der Waals surface area (Å²) in [6, 6.07) is 1.57. The van der Waals surface area contributed by atoms with Crippen LogP contribution in [0.5, 0.6) is 5.75 Å². The van der Waals surface area contributed by atoms with Crippen LogP contribution in [-0.2, 0) is 0 Å². The second-order valence-electron chi connectivity index (χ2n) is 4.66. The molecule has 23 heavy (non-hydrogen) atoms. The molecule has 0 aliphatic carbocycles. The number of phenolic OH excluding ortho intramolecular Hbond substituents is 1. The highest BCUT2D eigenvalue weighted by atomic mass is 16.6. The number of piperazine rings is 1. The van der Waals surface area contributed by atoms with Gasteiger partial charge >= 0.3 is 11.4 Å². The zero-order chi connectivity index (χ0) is 17.6. The molecule has 1 aliphatic rings. The van der Waals surface area contributed by atoms with E-state index in [4.69, 9.17) is 5.11 Å². The van der Waals surface area contributed by atoms with Crippen molar-refractivity contribution in [2.75, 3.05) is 19.6 Å². The number of hydrogen-bond donors (Lipinski definition) is 3. The van der Waals surface area contributed by atoms with Gasteiger partial charge in [-0.15, -0.1) is 0 Å². The number of non-ortho nitro benzene ring substituents is 1. The summed E-state index contributed by atoms with van der Waals surface area (Å²) in [5.41, 5.74) is -3.00. The van der Waals surface area contributed by atoms with E-state index in [1.807, 2.05) is 0 Å². The summed E-state index contributed by atoms with van der Waals surface area (Å²) in [4.78, 5) is 27.8. The second kappa shape index (κ2) is 7.95. The lowest BCUT2D eigenvalue weighted by molar-refractivity contribution is -0.404. The molecule has 1 saturated heterocycles. The van der Waals surface area contributed by atoms with Gasteiger partial charge in [0.15, 0.2) is 0 Å². The van der Waals surface area contributed by atoms with Gasteiger partial charge in [0.05, 0.1) is 26.9 Å². The van der Waals surface area contributed by atoms with Crippen molar-refractivity contribution in [3.63, 3.8) is 0 Å². The van der Waals surface area contributed by atoms with Crippen LogP contribution in [-0.4, -0.2) is 45.6 Å². The van der Waals surface area contributed by atoms with E-state index in [9.17, 15) is 30.3 Å². The number of nitro groups is 3. The molecule has 1 aromatic rings. The fourth-order valence-electron chi connectivity index (χ4n) is 1.77. The van der Waals surface area contributed by atoms with E-state index in [1.165, 1.54) is 0 Å². The number of nitro benzene ring substituents is 3. The lowest BCUT2D eigenvalue weighted by atomic mass is 10.2. The lowest BCUT2D eigenvalue weighted by Gasteiger charge is -2.19. The maximum atomic E-state index is 10.4. The van der Waals surface area contributed by atoms with Crippen molar-refractivity contribution in [1.82, 2.24) is 10.6 Å². The smallest absolute Gasteiger partial charge is 0.324 e. The zero-order valence-electron chi connectivity index (χ0n) is 12.1. The molecule has 12 nitrogen and oxygen atoms in total. The van der Waals surface area contributed by atoms with Crippen molar-refractivity contribution in [1.29, 1.82) is 0 Å². The van der Waals surface area contributed by atoms with Crippen molar-refractivity contribution in [3.05, 3.63) is 42.5 Å². The molecule has 1 aromatic carbocycles. The summed E-state index contributed by atoms with van der Waals surface area (Å²) in [6.45, 7) is 5.57. The lowest BCUT2D eigenvalue weighted by Crippen LogP contribution is -2.46. The van der Waals surface area contributed by atoms with Gasteiger partial charge in [-0.2, -0.15) is 0 Å². The standard InChI is InChI=1S/C6H3N3O7.C5H12N2/c10-6-4(8(13)14)1-3(7(11)12)2-5(6)9(15)16;1-5-4-6-2-3-7-5/h1-2,10H;5-7H,2-4H2,1H3. The quantitative estimate of drug-likeness (QED) is 0.532. The average Bonchev–Trinajstić information content (AvgIpc) is 2.48. The molecule has 0 bridgehead atoms. The summed E-state index contributed by atoms with van der Waals surface area (Å²) in [5, 5.41) is 46.8. The summed E-state index contributed by atoms with van der Waals surface area (Å²) in [7, 11) is 0. The molecule has 0 spiro atoms. The van der Waals surface area contributed by atoms with E-state index >= 15 is 0 Å². The minimum atomic E-state index is -1.21. The molecule has 3 N–H and O–H groups in total. The molecule has 1 aliphatic heterocycles. The third-order valence-corrected chi connectivity index (χ3v) is 2.90. The number of rotatable bonds is 3. The highest BCUT2D eigenvalue weighted by Gasteiger charge is 2.30. The van der Waals surface area contributed by atoms with E-state index in [-0.39, 0.29) is 0 Å². The summed E-state index contributed by atoms with van der Waals surface area (Å²) >= 11 is 0. The molecule has 1 fully saturated rings. The SMILES string of the molecule is CC1CNCCN1.O=[N+]([O-])c1cc([N+](=O)[O-])c(O)c([N+](=O)[O-])c1. The molecule has 12 heteroatoms. The Morgan fingerprint density at radius 3 is 1.83 bits per heavy atom. The van der Waals surface area contributed by atoms with Gasteiger partial charge in [0.25, 0.3) is 11.4 Å². The number of hydrogen-bond acceptors (Lipinski definition) is 9. The van der Waals surface area contributed by atoms with Crippen LogP contribution in [0.15, 0.2) is 12.1 Å². The first-order valence-electron chi connectivity index (χ1n) is 6.48. The van der Waals surface area contributed by atoms with Gasteiger partial charge in [-0.3, -0.25) is 30.3 Å². The molecule has 0 saturated carbocycles. The minimum absolute atomic E-state index is 0.447. The topological polar surface area (TPSA) is 174 Å². The zero-order valence-corrected chi connectivity index (χ0v) is 12.1. The third kappa shape index (κ3) is 5.12. The molecule has 126 valence electrons. The first-order valence-corrected chi connectivity index (χ1v) is 6.48. The number of nitrogens with zero attached hydrogens (tertiary/aromatic N) is 3. The number of nitrogens with one attached hydrogen (secondary N) is 2. The van der Waals surface area contributed by atoms with Gasteiger partial charge in [-0.05, 0) is 6.92 Å². The van der Waals surface area contributed by atoms with Gasteiger partial charge in [-0.25, -0.2) is 0 Å². The van der Waals surface area contributed by atoms with Crippen LogP contribution in [0.3, 0.4) is 0 Å². The maximum absolute atomic E-state index is 10.4. The van der Waals surface area contributed by atoms with Gasteiger partial charge < -0.3 is 15.7 Å². The van der Waals surface area contributed by atoms with Crippen LogP contribution < -0.4 is 10.6 Å². The Labute approximate surface area is 129 Å². The van der Waals surface area contributed by atoms with Crippen LogP contribution in [0.1, 0.15) is 6.92 Å². The Kier molecular flexibility index (Phi) is 6.29. The van der Waals surface area contributed by atoms with E-state index in [0.29, 0.717) is 18.2 Å². The summed E-state index contributed by atoms with van der Waals surface area (Å²) in [6.07, 6.45) is 0. The number of phenols is 1. The number of aromatic hydroxyl groups is 1. The van der Waals surface area contributed by atoms with Gasteiger partial charge in [0, 0.05) is 25.7 Å². The van der Waals surface area contributed by atoms with Crippen LogP contribution in [0, 0.1) is 30.3 Å². The highest BCUT2D eigenvalue weighted by Crippen LogP contribution is 2.38. The first-order chi connectivity index (χ1) is 10.7. The molecule has 0 amide bonds. The Morgan fingerprint density at radius 1 is 1.04 bits per heavy atom. The van der Waals surface area contributed by atoms with E-state index in [2.05, 4.69) is 17.6 Å². The molecule has 0 radical (unpaired) electrons. The van der Waals surface area contributed by atoms with Crippen molar-refractivity contribution >= 4 is 17.1 Å². The van der Waals surface area contributed by atoms with Gasteiger partial charge in [0.2, 0.25) is 0 Å². The fraction of sp³-hybridized carbons (Fsp3) is 0.455. The van der Waals surface area contributed by atoms with E-state index < -0.39 is 37.6 Å². The Balaban J connectivity index is 0.000000313. The molecule has 1 heterocycles. The summed E-state index contributed by atoms with van der Waals surface area (Å²) < 4.78 is 0. The number of benzene rings is 1. The monoisotopic (exact) mass is 329 g/mol. The fourth-order valence-corrected chi connectivity index (χ4v) is 1.77. The molecular formula is C11H15N5O7. The predicted octanol–water partition coefficient (Wildman–Crippen LogP) is 0.685. The molecule has 1 atom stereocenters. The molecular weight excluding hydrogens is 314 g/mol. The molecule has 1 unspecified atom stereocenters. The Bertz CT molecular complexity index is 580. The third-order valence-electron chi connectivity index (χ3n) is 2.90. The maximum Gasteiger partial charge on any atom is 0.324 e. The average molecular weight is 329 g/mol. The largest absolute Gasteiger partial charge is 0.497 e. The first kappa shape index (κ1) is 18.2.